The molecule has 114 valence electrons. The molecule has 0 aromatic heterocycles. The summed E-state index contributed by atoms with van der Waals surface area (Å²) in [6.45, 7) is 0. The predicted molar refractivity (Wildman–Crippen MR) is 93.9 cm³/mol. The van der Waals surface area contributed by atoms with Gasteiger partial charge in [-0.1, -0.05) is 60.4 Å². The Morgan fingerprint density at radius 2 is 1.70 bits per heavy atom. The Labute approximate surface area is 141 Å². The Kier molecular flexibility index (Phi) is 4.36. The summed E-state index contributed by atoms with van der Waals surface area (Å²) in [6.07, 6.45) is 2.43. The SMILES string of the molecule is O=Cc1ccc(/C=C2\SC(=S)N(c3ccccc3F)C2=O)cc1. The summed E-state index contributed by atoms with van der Waals surface area (Å²) >= 11 is 6.33. The van der Waals surface area contributed by atoms with Gasteiger partial charge in [-0.15, -0.1) is 0 Å². The number of aldehydes is 1. The molecule has 1 aliphatic heterocycles. The van der Waals surface area contributed by atoms with Crippen molar-refractivity contribution < 1.29 is 14.0 Å². The van der Waals surface area contributed by atoms with Crippen molar-refractivity contribution in [3.05, 3.63) is 70.4 Å². The third-order valence-corrected chi connectivity index (χ3v) is 4.56. The van der Waals surface area contributed by atoms with Crippen LogP contribution in [0.15, 0.2) is 53.4 Å². The zero-order valence-corrected chi connectivity index (χ0v) is 13.4. The van der Waals surface area contributed by atoms with Gasteiger partial charge in [-0.3, -0.25) is 14.5 Å². The molecular formula is C17H10FNO2S2. The Balaban J connectivity index is 1.93. The molecule has 1 aliphatic rings. The van der Waals surface area contributed by atoms with E-state index in [-0.39, 0.29) is 15.9 Å². The summed E-state index contributed by atoms with van der Waals surface area (Å²) < 4.78 is 14.2. The van der Waals surface area contributed by atoms with Crippen LogP contribution in [0.25, 0.3) is 6.08 Å². The topological polar surface area (TPSA) is 37.4 Å². The summed E-state index contributed by atoms with van der Waals surface area (Å²) in [5, 5.41) is 0. The summed E-state index contributed by atoms with van der Waals surface area (Å²) in [6, 6.07) is 12.8. The second-order valence-electron chi connectivity index (χ2n) is 4.75. The lowest BCUT2D eigenvalue weighted by Crippen LogP contribution is -2.28. The van der Waals surface area contributed by atoms with Gasteiger partial charge in [0, 0.05) is 5.56 Å². The third kappa shape index (κ3) is 3.09. The summed E-state index contributed by atoms with van der Waals surface area (Å²) in [7, 11) is 0. The summed E-state index contributed by atoms with van der Waals surface area (Å²) in [5.74, 6) is -0.857. The molecule has 0 bridgehead atoms. The molecule has 1 heterocycles. The van der Waals surface area contributed by atoms with Crippen molar-refractivity contribution in [3.63, 3.8) is 0 Å². The number of hydrogen-bond acceptors (Lipinski definition) is 4. The Morgan fingerprint density at radius 1 is 1.04 bits per heavy atom. The fourth-order valence-electron chi connectivity index (χ4n) is 2.13. The molecule has 0 atom stereocenters. The third-order valence-electron chi connectivity index (χ3n) is 3.26. The van der Waals surface area contributed by atoms with Crippen molar-refractivity contribution in [3.8, 4) is 0 Å². The van der Waals surface area contributed by atoms with Crippen LogP contribution in [0.1, 0.15) is 15.9 Å². The molecule has 0 spiro atoms. The molecule has 0 N–H and O–H groups in total. The van der Waals surface area contributed by atoms with E-state index in [0.717, 1.165) is 23.6 Å². The van der Waals surface area contributed by atoms with Crippen molar-refractivity contribution in [1.82, 2.24) is 0 Å². The molecule has 2 aromatic carbocycles. The van der Waals surface area contributed by atoms with Crippen LogP contribution in [0.5, 0.6) is 0 Å². The molecule has 23 heavy (non-hydrogen) atoms. The lowest BCUT2D eigenvalue weighted by atomic mass is 10.1. The molecule has 1 saturated heterocycles. The zero-order chi connectivity index (χ0) is 16.4. The van der Waals surface area contributed by atoms with Crippen LogP contribution in [-0.4, -0.2) is 16.5 Å². The smallest absolute Gasteiger partial charge is 0.270 e. The minimum absolute atomic E-state index is 0.148. The number of benzene rings is 2. The number of halogens is 1. The number of nitrogens with zero attached hydrogens (tertiary/aromatic N) is 1. The highest BCUT2D eigenvalue weighted by molar-refractivity contribution is 8.27. The standard InChI is InChI=1S/C17H10FNO2S2/c18-13-3-1-2-4-14(13)19-16(21)15(23-17(19)22)9-11-5-7-12(10-20)8-6-11/h1-10H/b15-9-. The number of carbonyl (C=O) groups excluding carboxylic acids is 2. The molecule has 6 heteroatoms. The lowest BCUT2D eigenvalue weighted by Gasteiger charge is -2.14. The van der Waals surface area contributed by atoms with Crippen molar-refractivity contribution in [1.29, 1.82) is 0 Å². The summed E-state index contributed by atoms with van der Waals surface area (Å²) in [4.78, 5) is 24.8. The minimum atomic E-state index is -0.500. The molecule has 3 nitrogen and oxygen atoms in total. The van der Waals surface area contributed by atoms with E-state index in [1.807, 2.05) is 0 Å². The van der Waals surface area contributed by atoms with E-state index in [2.05, 4.69) is 0 Å². The van der Waals surface area contributed by atoms with Crippen molar-refractivity contribution >= 4 is 52.3 Å². The maximum atomic E-state index is 13.9. The van der Waals surface area contributed by atoms with Crippen LogP contribution in [0.2, 0.25) is 0 Å². The lowest BCUT2D eigenvalue weighted by molar-refractivity contribution is -0.113. The average molecular weight is 343 g/mol. The van der Waals surface area contributed by atoms with E-state index in [0.29, 0.717) is 10.5 Å². The van der Waals surface area contributed by atoms with Crippen LogP contribution in [-0.2, 0) is 4.79 Å². The highest BCUT2D eigenvalue weighted by Gasteiger charge is 2.34. The molecule has 2 aromatic rings. The van der Waals surface area contributed by atoms with Gasteiger partial charge in [0.05, 0.1) is 10.6 Å². The minimum Gasteiger partial charge on any atom is -0.298 e. The number of amides is 1. The van der Waals surface area contributed by atoms with Gasteiger partial charge in [0.2, 0.25) is 0 Å². The number of anilines is 1. The van der Waals surface area contributed by atoms with Gasteiger partial charge >= 0.3 is 0 Å². The fraction of sp³-hybridized carbons (Fsp3) is 0. The van der Waals surface area contributed by atoms with E-state index in [1.54, 1.807) is 42.5 Å². The quantitative estimate of drug-likeness (QED) is 0.479. The van der Waals surface area contributed by atoms with Crippen LogP contribution >= 0.6 is 24.0 Å². The first-order chi connectivity index (χ1) is 11.1. The Morgan fingerprint density at radius 3 is 2.35 bits per heavy atom. The number of hydrogen-bond donors (Lipinski definition) is 0. The van der Waals surface area contributed by atoms with Gasteiger partial charge in [0.25, 0.3) is 5.91 Å². The van der Waals surface area contributed by atoms with Crippen LogP contribution in [0.4, 0.5) is 10.1 Å². The van der Waals surface area contributed by atoms with Gasteiger partial charge < -0.3 is 0 Å². The van der Waals surface area contributed by atoms with Gasteiger partial charge in [-0.25, -0.2) is 4.39 Å². The van der Waals surface area contributed by atoms with E-state index in [4.69, 9.17) is 12.2 Å². The Bertz CT molecular complexity index is 831. The largest absolute Gasteiger partial charge is 0.298 e. The number of thioether (sulfide) groups is 1. The first-order valence-corrected chi connectivity index (χ1v) is 7.90. The fourth-order valence-corrected chi connectivity index (χ4v) is 3.42. The maximum Gasteiger partial charge on any atom is 0.270 e. The molecule has 0 radical (unpaired) electrons. The molecule has 0 aliphatic carbocycles. The van der Waals surface area contributed by atoms with Gasteiger partial charge in [-0.05, 0) is 23.8 Å². The van der Waals surface area contributed by atoms with Crippen LogP contribution in [0.3, 0.4) is 0 Å². The number of thiocarbonyl (C=S) groups is 1. The van der Waals surface area contributed by atoms with Gasteiger partial charge in [0.1, 0.15) is 12.1 Å². The van der Waals surface area contributed by atoms with E-state index < -0.39 is 5.82 Å². The molecule has 1 amide bonds. The van der Waals surface area contributed by atoms with Gasteiger partial charge in [-0.2, -0.15) is 0 Å². The molecule has 1 fully saturated rings. The maximum absolute atomic E-state index is 13.9. The molecule has 0 unspecified atom stereocenters. The van der Waals surface area contributed by atoms with Crippen molar-refractivity contribution in [2.45, 2.75) is 0 Å². The van der Waals surface area contributed by atoms with Crippen LogP contribution < -0.4 is 4.90 Å². The average Bonchev–Trinajstić information content (AvgIpc) is 2.83. The zero-order valence-electron chi connectivity index (χ0n) is 11.7. The predicted octanol–water partition coefficient (Wildman–Crippen LogP) is 4.04. The summed E-state index contributed by atoms with van der Waals surface area (Å²) in [5.41, 5.74) is 1.47. The first kappa shape index (κ1) is 15.6. The number of carbonyl (C=O) groups is 2. The number of para-hydroxylation sites is 1. The van der Waals surface area contributed by atoms with Crippen LogP contribution in [0, 0.1) is 5.82 Å². The second kappa shape index (κ2) is 6.44. The highest BCUT2D eigenvalue weighted by Crippen LogP contribution is 2.36. The Hall–Kier alpha value is -2.31. The monoisotopic (exact) mass is 343 g/mol. The molecule has 3 rings (SSSR count). The van der Waals surface area contributed by atoms with Crippen molar-refractivity contribution in [2.24, 2.45) is 0 Å². The van der Waals surface area contributed by atoms with Gasteiger partial charge in [0.15, 0.2) is 4.32 Å². The van der Waals surface area contributed by atoms with E-state index in [9.17, 15) is 14.0 Å². The van der Waals surface area contributed by atoms with Crippen molar-refractivity contribution in [2.75, 3.05) is 4.90 Å². The van der Waals surface area contributed by atoms with E-state index >= 15 is 0 Å². The normalized spacial score (nSPS) is 16.2. The first-order valence-electron chi connectivity index (χ1n) is 6.68. The second-order valence-corrected chi connectivity index (χ2v) is 6.43. The molecule has 0 saturated carbocycles. The van der Waals surface area contributed by atoms with E-state index in [1.165, 1.54) is 17.0 Å². The molecular weight excluding hydrogens is 333 g/mol. The highest BCUT2D eigenvalue weighted by atomic mass is 32.2. The number of rotatable bonds is 3.